The third-order valence-electron chi connectivity index (χ3n) is 3.74. The lowest BCUT2D eigenvalue weighted by Crippen LogP contribution is -2.07. The molecule has 0 amide bonds. The van der Waals surface area contributed by atoms with E-state index < -0.39 is 0 Å². The Kier molecular flexibility index (Phi) is 3.98. The number of hydrogen-bond acceptors (Lipinski definition) is 3. The van der Waals surface area contributed by atoms with Crippen molar-refractivity contribution in [1.82, 2.24) is 15.0 Å². The first-order valence-electron chi connectivity index (χ1n) is 7.04. The molecule has 4 nitrogen and oxygen atoms in total. The number of benzene rings is 1. The lowest BCUT2D eigenvalue weighted by molar-refractivity contribution is 0.637. The lowest BCUT2D eigenvalue weighted by atomic mass is 10.0. The summed E-state index contributed by atoms with van der Waals surface area (Å²) in [4.78, 5) is 11.1. The van der Waals surface area contributed by atoms with Crippen LogP contribution in [0.25, 0.3) is 10.9 Å². The molecule has 22 heavy (non-hydrogen) atoms. The van der Waals surface area contributed by atoms with Gasteiger partial charge in [0.25, 0.3) is 0 Å². The van der Waals surface area contributed by atoms with Gasteiger partial charge in [-0.25, -0.2) is 14.4 Å². The molecule has 0 atom stereocenters. The molecule has 0 radical (unpaired) electrons. The second-order valence-electron chi connectivity index (χ2n) is 5.25. The highest BCUT2D eigenvalue weighted by atomic mass is 35.5. The Morgan fingerprint density at radius 3 is 2.86 bits per heavy atom. The maximum absolute atomic E-state index is 13.9. The molecule has 2 aromatic heterocycles. The van der Waals surface area contributed by atoms with Crippen LogP contribution in [0.15, 0.2) is 24.5 Å². The highest BCUT2D eigenvalue weighted by Gasteiger charge is 2.13. The Bertz CT molecular complexity index is 828. The zero-order valence-corrected chi connectivity index (χ0v) is 13.1. The quantitative estimate of drug-likeness (QED) is 0.714. The van der Waals surface area contributed by atoms with Crippen LogP contribution in [0, 0.1) is 19.7 Å². The summed E-state index contributed by atoms with van der Waals surface area (Å²) < 4.78 is 13.9. The van der Waals surface area contributed by atoms with Crippen molar-refractivity contribution in [2.75, 3.05) is 11.9 Å². The van der Waals surface area contributed by atoms with Gasteiger partial charge >= 0.3 is 0 Å². The van der Waals surface area contributed by atoms with Crippen LogP contribution in [-0.2, 0) is 6.42 Å². The standard InChI is InChI=1S/C16H16ClFN4/c1-9-3-4-12(18)16-15(9)11(10(2)22-16)5-6-19-14-7-13(17)20-8-21-14/h3-4,7-8,22H,5-6H2,1-2H3,(H,19,20,21). The number of aromatic amines is 1. The fourth-order valence-corrected chi connectivity index (χ4v) is 2.85. The van der Waals surface area contributed by atoms with E-state index >= 15 is 0 Å². The molecular weight excluding hydrogens is 303 g/mol. The molecular formula is C16H16ClFN4. The Balaban J connectivity index is 1.82. The molecule has 3 rings (SSSR count). The maximum Gasteiger partial charge on any atom is 0.147 e. The molecule has 114 valence electrons. The number of hydrogen-bond donors (Lipinski definition) is 2. The van der Waals surface area contributed by atoms with Crippen molar-refractivity contribution < 1.29 is 4.39 Å². The second-order valence-corrected chi connectivity index (χ2v) is 5.63. The number of aryl methyl sites for hydroxylation is 2. The number of H-pyrrole nitrogens is 1. The Morgan fingerprint density at radius 2 is 2.09 bits per heavy atom. The minimum Gasteiger partial charge on any atom is -0.370 e. The molecule has 0 aliphatic heterocycles. The van der Waals surface area contributed by atoms with Crippen molar-refractivity contribution in [2.24, 2.45) is 0 Å². The van der Waals surface area contributed by atoms with E-state index in [0.29, 0.717) is 23.0 Å². The molecule has 2 heterocycles. The SMILES string of the molecule is Cc1[nH]c2c(F)ccc(C)c2c1CCNc1cc(Cl)ncn1. The molecule has 0 unspecified atom stereocenters. The highest BCUT2D eigenvalue weighted by Crippen LogP contribution is 2.28. The molecule has 2 N–H and O–H groups in total. The average Bonchev–Trinajstić information content (AvgIpc) is 2.82. The smallest absolute Gasteiger partial charge is 0.147 e. The second kappa shape index (κ2) is 5.93. The molecule has 0 aliphatic rings. The van der Waals surface area contributed by atoms with Crippen molar-refractivity contribution in [1.29, 1.82) is 0 Å². The molecule has 0 spiro atoms. The van der Waals surface area contributed by atoms with Crippen LogP contribution in [0.1, 0.15) is 16.8 Å². The number of anilines is 1. The largest absolute Gasteiger partial charge is 0.370 e. The first-order valence-corrected chi connectivity index (χ1v) is 7.41. The van der Waals surface area contributed by atoms with Gasteiger partial charge in [0.15, 0.2) is 0 Å². The van der Waals surface area contributed by atoms with E-state index in [1.54, 1.807) is 6.07 Å². The van der Waals surface area contributed by atoms with E-state index in [1.807, 2.05) is 19.9 Å². The average molecular weight is 319 g/mol. The van der Waals surface area contributed by atoms with E-state index in [0.717, 1.165) is 28.6 Å². The Hall–Kier alpha value is -2.14. The van der Waals surface area contributed by atoms with Gasteiger partial charge in [0.2, 0.25) is 0 Å². The third-order valence-corrected chi connectivity index (χ3v) is 3.95. The summed E-state index contributed by atoms with van der Waals surface area (Å²) in [6.07, 6.45) is 2.18. The number of aromatic nitrogens is 3. The Labute approximate surface area is 132 Å². The van der Waals surface area contributed by atoms with Crippen LogP contribution in [0.2, 0.25) is 5.15 Å². The number of fused-ring (bicyclic) bond motifs is 1. The van der Waals surface area contributed by atoms with E-state index in [9.17, 15) is 4.39 Å². The van der Waals surface area contributed by atoms with Crippen molar-refractivity contribution in [2.45, 2.75) is 20.3 Å². The monoisotopic (exact) mass is 318 g/mol. The van der Waals surface area contributed by atoms with Gasteiger partial charge in [-0.05, 0) is 37.5 Å². The Morgan fingerprint density at radius 1 is 1.27 bits per heavy atom. The highest BCUT2D eigenvalue weighted by molar-refractivity contribution is 6.29. The van der Waals surface area contributed by atoms with Crippen molar-refractivity contribution >= 4 is 28.3 Å². The summed E-state index contributed by atoms with van der Waals surface area (Å²) in [6.45, 7) is 4.64. The molecule has 1 aromatic carbocycles. The minimum atomic E-state index is -0.217. The first kappa shape index (κ1) is 14.8. The summed E-state index contributed by atoms with van der Waals surface area (Å²) in [5, 5.41) is 4.58. The predicted octanol–water partition coefficient (Wildman–Crippen LogP) is 4.02. The number of nitrogens with zero attached hydrogens (tertiary/aromatic N) is 2. The van der Waals surface area contributed by atoms with Gasteiger partial charge in [-0.1, -0.05) is 17.7 Å². The van der Waals surface area contributed by atoms with Crippen LogP contribution >= 0.6 is 11.6 Å². The summed E-state index contributed by atoms with van der Waals surface area (Å²) in [6, 6.07) is 4.99. The lowest BCUT2D eigenvalue weighted by Gasteiger charge is -2.07. The molecule has 0 aliphatic carbocycles. The van der Waals surface area contributed by atoms with Gasteiger partial charge in [0, 0.05) is 23.7 Å². The van der Waals surface area contributed by atoms with Crippen LogP contribution in [0.4, 0.5) is 10.2 Å². The van der Waals surface area contributed by atoms with Crippen LogP contribution in [-0.4, -0.2) is 21.5 Å². The molecule has 0 fully saturated rings. The summed E-state index contributed by atoms with van der Waals surface area (Å²) in [5.74, 6) is 0.464. The van der Waals surface area contributed by atoms with Gasteiger partial charge in [0.05, 0.1) is 5.52 Å². The normalized spacial score (nSPS) is 11.1. The van der Waals surface area contributed by atoms with Gasteiger partial charge in [0.1, 0.15) is 23.1 Å². The van der Waals surface area contributed by atoms with Crippen LogP contribution < -0.4 is 5.32 Å². The topological polar surface area (TPSA) is 53.6 Å². The fraction of sp³-hybridized carbons (Fsp3) is 0.250. The number of nitrogens with one attached hydrogen (secondary N) is 2. The van der Waals surface area contributed by atoms with E-state index in [1.165, 1.54) is 12.4 Å². The van der Waals surface area contributed by atoms with Gasteiger partial charge in [-0.15, -0.1) is 0 Å². The van der Waals surface area contributed by atoms with Crippen molar-refractivity contribution in [3.63, 3.8) is 0 Å². The van der Waals surface area contributed by atoms with E-state index in [4.69, 9.17) is 11.6 Å². The summed E-state index contributed by atoms with van der Waals surface area (Å²) in [5.41, 5.74) is 3.77. The zero-order valence-electron chi connectivity index (χ0n) is 12.4. The minimum absolute atomic E-state index is 0.217. The molecule has 3 aromatic rings. The van der Waals surface area contributed by atoms with E-state index in [2.05, 4.69) is 20.3 Å². The van der Waals surface area contributed by atoms with Gasteiger partial charge in [-0.3, -0.25) is 0 Å². The van der Waals surface area contributed by atoms with Crippen molar-refractivity contribution in [3.05, 3.63) is 52.3 Å². The summed E-state index contributed by atoms with van der Waals surface area (Å²) in [7, 11) is 0. The maximum atomic E-state index is 13.9. The summed E-state index contributed by atoms with van der Waals surface area (Å²) >= 11 is 5.83. The van der Waals surface area contributed by atoms with Crippen LogP contribution in [0.5, 0.6) is 0 Å². The predicted molar refractivity (Wildman–Crippen MR) is 87.0 cm³/mol. The van der Waals surface area contributed by atoms with E-state index in [-0.39, 0.29) is 5.82 Å². The van der Waals surface area contributed by atoms with Crippen molar-refractivity contribution in [3.8, 4) is 0 Å². The number of rotatable bonds is 4. The first-order chi connectivity index (χ1) is 10.6. The molecule has 0 saturated carbocycles. The number of halogens is 2. The third kappa shape index (κ3) is 2.76. The van der Waals surface area contributed by atoms with Crippen LogP contribution in [0.3, 0.4) is 0 Å². The zero-order chi connectivity index (χ0) is 15.7. The molecule has 6 heteroatoms. The fourth-order valence-electron chi connectivity index (χ4n) is 2.70. The molecule has 0 saturated heterocycles. The van der Waals surface area contributed by atoms with Gasteiger partial charge < -0.3 is 10.3 Å². The van der Waals surface area contributed by atoms with Gasteiger partial charge in [-0.2, -0.15) is 0 Å². The molecule has 0 bridgehead atoms.